The molecule has 0 saturated carbocycles. The molecule has 0 radical (unpaired) electrons. The summed E-state index contributed by atoms with van der Waals surface area (Å²) in [4.78, 5) is 11.4. The van der Waals surface area contributed by atoms with E-state index in [1.807, 2.05) is 20.8 Å². The molecule has 0 aliphatic rings. The third-order valence-electron chi connectivity index (χ3n) is 1.89. The Kier molecular flexibility index (Phi) is 2.69. The predicted molar refractivity (Wildman–Crippen MR) is 48.4 cm³/mol. The van der Waals surface area contributed by atoms with Crippen LogP contribution in [-0.4, -0.2) is 0 Å². The van der Waals surface area contributed by atoms with Crippen molar-refractivity contribution in [1.29, 1.82) is 0 Å². The lowest BCUT2D eigenvalue weighted by molar-refractivity contribution is 0.482. The largest absolute Gasteiger partial charge is 0.469 e. The van der Waals surface area contributed by atoms with Gasteiger partial charge in [-0.3, -0.25) is 4.79 Å². The highest BCUT2D eigenvalue weighted by Gasteiger charge is 2.10. The molecule has 2 nitrogen and oxygen atoms in total. The van der Waals surface area contributed by atoms with Gasteiger partial charge in [0.05, 0.1) is 6.26 Å². The minimum atomic E-state index is 0.0908. The first-order valence-electron chi connectivity index (χ1n) is 4.27. The highest BCUT2D eigenvalue weighted by Crippen LogP contribution is 2.15. The number of rotatable bonds is 2. The molecule has 0 aliphatic heterocycles. The molecule has 1 heterocycles. The van der Waals surface area contributed by atoms with E-state index in [4.69, 9.17) is 4.42 Å². The fraction of sp³-hybridized carbons (Fsp3) is 0.500. The van der Waals surface area contributed by atoms with Crippen molar-refractivity contribution in [1.82, 2.24) is 0 Å². The van der Waals surface area contributed by atoms with E-state index in [-0.39, 0.29) is 11.3 Å². The Morgan fingerprint density at radius 2 is 2.17 bits per heavy atom. The molecule has 1 aromatic heterocycles. The van der Waals surface area contributed by atoms with Crippen molar-refractivity contribution in [3.8, 4) is 0 Å². The molecule has 0 N–H and O–H groups in total. The van der Waals surface area contributed by atoms with Gasteiger partial charge in [-0.2, -0.15) is 0 Å². The predicted octanol–water partition coefficient (Wildman–Crippen LogP) is 2.33. The summed E-state index contributed by atoms with van der Waals surface area (Å²) in [6, 6.07) is 1.48. The molecule has 2 heteroatoms. The van der Waals surface area contributed by atoms with E-state index < -0.39 is 0 Å². The monoisotopic (exact) mass is 166 g/mol. The lowest BCUT2D eigenvalue weighted by Gasteiger charge is -2.07. The van der Waals surface area contributed by atoms with E-state index in [1.165, 1.54) is 12.3 Å². The fourth-order valence-electron chi connectivity index (χ4n) is 1.35. The molecule has 0 spiro atoms. The minimum absolute atomic E-state index is 0.0908. The summed E-state index contributed by atoms with van der Waals surface area (Å²) in [5.74, 6) is 1.06. The lowest BCUT2D eigenvalue weighted by Crippen LogP contribution is -2.11. The molecule has 66 valence electrons. The topological polar surface area (TPSA) is 30.2 Å². The van der Waals surface area contributed by atoms with Gasteiger partial charge in [0.15, 0.2) is 5.43 Å². The van der Waals surface area contributed by atoms with Gasteiger partial charge < -0.3 is 4.42 Å². The Morgan fingerprint density at radius 3 is 2.58 bits per heavy atom. The van der Waals surface area contributed by atoms with Gasteiger partial charge in [-0.1, -0.05) is 20.8 Å². The maximum absolute atomic E-state index is 11.4. The molecule has 0 aromatic carbocycles. The van der Waals surface area contributed by atoms with Crippen molar-refractivity contribution >= 4 is 0 Å². The lowest BCUT2D eigenvalue weighted by atomic mass is 10.0. The van der Waals surface area contributed by atoms with E-state index in [2.05, 4.69) is 0 Å². The van der Waals surface area contributed by atoms with E-state index >= 15 is 0 Å². The van der Waals surface area contributed by atoms with E-state index in [1.54, 1.807) is 0 Å². The summed E-state index contributed by atoms with van der Waals surface area (Å²) in [6.45, 7) is 6.00. The van der Waals surface area contributed by atoms with Gasteiger partial charge >= 0.3 is 0 Å². The Hall–Kier alpha value is -1.05. The molecule has 0 atom stereocenters. The second-order valence-electron chi connectivity index (χ2n) is 3.13. The van der Waals surface area contributed by atoms with Gasteiger partial charge in [0.25, 0.3) is 0 Å². The van der Waals surface area contributed by atoms with Crippen LogP contribution in [0.1, 0.15) is 38.0 Å². The molecule has 1 aromatic rings. The summed E-state index contributed by atoms with van der Waals surface area (Å²) in [5.41, 5.74) is 0.910. The Balaban J connectivity index is 3.30. The zero-order valence-electron chi connectivity index (χ0n) is 7.76. The van der Waals surface area contributed by atoms with Crippen LogP contribution in [0.3, 0.4) is 0 Å². The van der Waals surface area contributed by atoms with Crippen LogP contribution in [0.25, 0.3) is 0 Å². The summed E-state index contributed by atoms with van der Waals surface area (Å²) in [5, 5.41) is 0. The first kappa shape index (κ1) is 9.04. The summed E-state index contributed by atoms with van der Waals surface area (Å²) in [7, 11) is 0. The quantitative estimate of drug-likeness (QED) is 0.675. The van der Waals surface area contributed by atoms with Crippen LogP contribution in [0.15, 0.2) is 21.5 Å². The molecule has 0 saturated heterocycles. The average Bonchev–Trinajstić information content (AvgIpc) is 2.03. The third kappa shape index (κ3) is 1.58. The SMILES string of the molecule is CCc1occc(=O)c1C(C)C. The van der Waals surface area contributed by atoms with Crippen molar-refractivity contribution in [2.45, 2.75) is 33.1 Å². The summed E-state index contributed by atoms with van der Waals surface area (Å²) < 4.78 is 5.25. The smallest absolute Gasteiger partial charge is 0.188 e. The molecule has 0 aliphatic carbocycles. The van der Waals surface area contributed by atoms with Crippen molar-refractivity contribution in [3.63, 3.8) is 0 Å². The first-order chi connectivity index (χ1) is 5.66. The molecular weight excluding hydrogens is 152 g/mol. The van der Waals surface area contributed by atoms with Crippen molar-refractivity contribution < 1.29 is 4.42 Å². The molecule has 0 fully saturated rings. The van der Waals surface area contributed by atoms with Crippen molar-refractivity contribution in [2.75, 3.05) is 0 Å². The number of hydrogen-bond donors (Lipinski definition) is 0. The van der Waals surface area contributed by atoms with Crippen LogP contribution in [0.4, 0.5) is 0 Å². The highest BCUT2D eigenvalue weighted by molar-refractivity contribution is 5.20. The standard InChI is InChI=1S/C10H14O2/c1-4-9-10(7(2)3)8(11)5-6-12-9/h5-7H,4H2,1-3H3. The van der Waals surface area contributed by atoms with Crippen LogP contribution in [0, 0.1) is 0 Å². The summed E-state index contributed by atoms with van der Waals surface area (Å²) in [6.07, 6.45) is 2.25. The van der Waals surface area contributed by atoms with Gasteiger partial charge in [-0.15, -0.1) is 0 Å². The van der Waals surface area contributed by atoms with Crippen LogP contribution >= 0.6 is 0 Å². The fourth-order valence-corrected chi connectivity index (χ4v) is 1.35. The first-order valence-corrected chi connectivity index (χ1v) is 4.27. The molecule has 1 rings (SSSR count). The Labute approximate surface area is 72.2 Å². The maximum Gasteiger partial charge on any atom is 0.188 e. The van der Waals surface area contributed by atoms with E-state index in [0.717, 1.165) is 17.7 Å². The Bertz CT molecular complexity index is 310. The zero-order valence-corrected chi connectivity index (χ0v) is 7.76. The van der Waals surface area contributed by atoms with Crippen LogP contribution in [-0.2, 0) is 6.42 Å². The number of aryl methyl sites for hydroxylation is 1. The molecular formula is C10H14O2. The summed E-state index contributed by atoms with van der Waals surface area (Å²) >= 11 is 0. The Morgan fingerprint density at radius 1 is 1.50 bits per heavy atom. The van der Waals surface area contributed by atoms with Gasteiger partial charge in [0.1, 0.15) is 5.76 Å². The third-order valence-corrected chi connectivity index (χ3v) is 1.89. The minimum Gasteiger partial charge on any atom is -0.469 e. The molecule has 0 unspecified atom stereocenters. The van der Waals surface area contributed by atoms with Gasteiger partial charge in [0, 0.05) is 18.1 Å². The van der Waals surface area contributed by atoms with Gasteiger partial charge in [0.2, 0.25) is 0 Å². The molecule has 0 bridgehead atoms. The van der Waals surface area contributed by atoms with Gasteiger partial charge in [-0.25, -0.2) is 0 Å². The molecule has 0 amide bonds. The van der Waals surface area contributed by atoms with Crippen molar-refractivity contribution in [3.05, 3.63) is 33.9 Å². The number of hydrogen-bond acceptors (Lipinski definition) is 2. The normalized spacial score (nSPS) is 10.7. The highest BCUT2D eigenvalue weighted by atomic mass is 16.3. The zero-order chi connectivity index (χ0) is 9.14. The maximum atomic E-state index is 11.4. The second kappa shape index (κ2) is 3.57. The van der Waals surface area contributed by atoms with Crippen LogP contribution in [0.2, 0.25) is 0 Å². The second-order valence-corrected chi connectivity index (χ2v) is 3.13. The van der Waals surface area contributed by atoms with Crippen LogP contribution < -0.4 is 5.43 Å². The van der Waals surface area contributed by atoms with Gasteiger partial charge in [-0.05, 0) is 5.92 Å². The molecule has 12 heavy (non-hydrogen) atoms. The van der Waals surface area contributed by atoms with Crippen molar-refractivity contribution in [2.24, 2.45) is 0 Å². The average molecular weight is 166 g/mol. The van der Waals surface area contributed by atoms with Crippen LogP contribution in [0.5, 0.6) is 0 Å². The van der Waals surface area contributed by atoms with E-state index in [0.29, 0.717) is 0 Å². The van der Waals surface area contributed by atoms with E-state index in [9.17, 15) is 4.79 Å².